The summed E-state index contributed by atoms with van der Waals surface area (Å²) in [6.45, 7) is 6.18. The summed E-state index contributed by atoms with van der Waals surface area (Å²) in [4.78, 5) is 23.5. The van der Waals surface area contributed by atoms with E-state index in [1.807, 2.05) is 20.8 Å². The van der Waals surface area contributed by atoms with Gasteiger partial charge in [0.2, 0.25) is 5.91 Å². The van der Waals surface area contributed by atoms with Crippen LogP contribution in [-0.2, 0) is 4.79 Å². The summed E-state index contributed by atoms with van der Waals surface area (Å²) in [5.41, 5.74) is 6.85. The SMILES string of the molecule is CCNC(=O)c1cccc(NC(=O)[C@@H](N)C(C)C)c1. The lowest BCUT2D eigenvalue weighted by Crippen LogP contribution is -2.39. The van der Waals surface area contributed by atoms with E-state index < -0.39 is 6.04 Å². The highest BCUT2D eigenvalue weighted by atomic mass is 16.2. The van der Waals surface area contributed by atoms with Gasteiger partial charge in [-0.3, -0.25) is 9.59 Å². The Morgan fingerprint density at radius 2 is 2.00 bits per heavy atom. The quantitative estimate of drug-likeness (QED) is 0.750. The molecule has 0 saturated heterocycles. The molecule has 0 aliphatic rings. The van der Waals surface area contributed by atoms with Crippen LogP contribution in [0.4, 0.5) is 5.69 Å². The molecule has 0 bridgehead atoms. The summed E-state index contributed by atoms with van der Waals surface area (Å²) in [5, 5.41) is 5.42. The third-order valence-corrected chi connectivity index (χ3v) is 2.75. The van der Waals surface area contributed by atoms with Gasteiger partial charge in [0, 0.05) is 17.8 Å². The van der Waals surface area contributed by atoms with Crippen LogP contribution in [0.5, 0.6) is 0 Å². The molecule has 4 N–H and O–H groups in total. The van der Waals surface area contributed by atoms with Crippen LogP contribution in [0.3, 0.4) is 0 Å². The Bertz CT molecular complexity index is 458. The number of carbonyl (C=O) groups excluding carboxylic acids is 2. The molecule has 0 aliphatic carbocycles. The van der Waals surface area contributed by atoms with E-state index in [9.17, 15) is 9.59 Å². The van der Waals surface area contributed by atoms with Crippen molar-refractivity contribution in [1.82, 2.24) is 5.32 Å². The molecule has 0 spiro atoms. The molecule has 0 radical (unpaired) electrons. The third-order valence-electron chi connectivity index (χ3n) is 2.75. The number of hydrogen-bond acceptors (Lipinski definition) is 3. The number of nitrogens with two attached hydrogens (primary N) is 1. The van der Waals surface area contributed by atoms with Crippen LogP contribution in [0, 0.1) is 5.92 Å². The van der Waals surface area contributed by atoms with E-state index in [1.54, 1.807) is 24.3 Å². The third kappa shape index (κ3) is 4.37. The zero-order valence-corrected chi connectivity index (χ0v) is 11.6. The fourth-order valence-corrected chi connectivity index (χ4v) is 1.53. The van der Waals surface area contributed by atoms with E-state index in [4.69, 9.17) is 5.73 Å². The topological polar surface area (TPSA) is 84.2 Å². The average molecular weight is 263 g/mol. The lowest BCUT2D eigenvalue weighted by Gasteiger charge is -2.15. The summed E-state index contributed by atoms with van der Waals surface area (Å²) in [6, 6.07) is 6.22. The number of anilines is 1. The highest BCUT2D eigenvalue weighted by molar-refractivity contribution is 5.98. The van der Waals surface area contributed by atoms with E-state index in [1.165, 1.54) is 0 Å². The molecule has 19 heavy (non-hydrogen) atoms. The average Bonchev–Trinajstić information content (AvgIpc) is 2.38. The van der Waals surface area contributed by atoms with Gasteiger partial charge in [-0.15, -0.1) is 0 Å². The Labute approximate surface area is 113 Å². The number of hydrogen-bond donors (Lipinski definition) is 3. The molecular formula is C14H21N3O2. The van der Waals surface area contributed by atoms with E-state index >= 15 is 0 Å². The van der Waals surface area contributed by atoms with Crippen molar-refractivity contribution < 1.29 is 9.59 Å². The fraction of sp³-hybridized carbons (Fsp3) is 0.429. The maximum Gasteiger partial charge on any atom is 0.251 e. The van der Waals surface area contributed by atoms with Crippen LogP contribution in [0.2, 0.25) is 0 Å². The molecule has 1 atom stereocenters. The standard InChI is InChI=1S/C14H21N3O2/c1-4-16-13(18)10-6-5-7-11(8-10)17-14(19)12(15)9(2)3/h5-9,12H,4,15H2,1-3H3,(H,16,18)(H,17,19)/t12-/m0/s1. The highest BCUT2D eigenvalue weighted by Crippen LogP contribution is 2.12. The van der Waals surface area contributed by atoms with Crippen molar-refractivity contribution in [2.24, 2.45) is 11.7 Å². The first-order valence-electron chi connectivity index (χ1n) is 6.40. The zero-order chi connectivity index (χ0) is 14.4. The van der Waals surface area contributed by atoms with Gasteiger partial charge in [-0.25, -0.2) is 0 Å². The van der Waals surface area contributed by atoms with Gasteiger partial charge in [-0.05, 0) is 31.0 Å². The van der Waals surface area contributed by atoms with Gasteiger partial charge in [0.1, 0.15) is 0 Å². The van der Waals surface area contributed by atoms with E-state index in [0.717, 1.165) is 0 Å². The molecular weight excluding hydrogens is 242 g/mol. The number of benzene rings is 1. The molecule has 0 heterocycles. The highest BCUT2D eigenvalue weighted by Gasteiger charge is 2.17. The molecule has 5 heteroatoms. The van der Waals surface area contributed by atoms with Crippen LogP contribution in [0.1, 0.15) is 31.1 Å². The molecule has 0 aromatic heterocycles. The molecule has 1 rings (SSSR count). The Kier molecular flexibility index (Phi) is 5.51. The van der Waals surface area contributed by atoms with Crippen molar-refractivity contribution in [2.75, 3.05) is 11.9 Å². The van der Waals surface area contributed by atoms with Gasteiger partial charge in [0.15, 0.2) is 0 Å². The molecule has 5 nitrogen and oxygen atoms in total. The zero-order valence-electron chi connectivity index (χ0n) is 11.6. The number of carbonyl (C=O) groups is 2. The molecule has 1 aromatic carbocycles. The largest absolute Gasteiger partial charge is 0.352 e. The van der Waals surface area contributed by atoms with Crippen molar-refractivity contribution >= 4 is 17.5 Å². The van der Waals surface area contributed by atoms with E-state index in [2.05, 4.69) is 10.6 Å². The Morgan fingerprint density at radius 1 is 1.32 bits per heavy atom. The first-order chi connectivity index (χ1) is 8.95. The number of amides is 2. The summed E-state index contributed by atoms with van der Waals surface area (Å²) in [6.07, 6.45) is 0. The van der Waals surface area contributed by atoms with Crippen molar-refractivity contribution in [3.8, 4) is 0 Å². The number of nitrogens with one attached hydrogen (secondary N) is 2. The normalized spacial score (nSPS) is 12.1. The predicted octanol–water partition coefficient (Wildman–Crippen LogP) is 1.36. The van der Waals surface area contributed by atoms with Crippen molar-refractivity contribution in [2.45, 2.75) is 26.8 Å². The maximum absolute atomic E-state index is 11.8. The first kappa shape index (κ1) is 15.2. The lowest BCUT2D eigenvalue weighted by molar-refractivity contribution is -0.118. The maximum atomic E-state index is 11.8. The fourth-order valence-electron chi connectivity index (χ4n) is 1.53. The molecule has 0 aliphatic heterocycles. The minimum Gasteiger partial charge on any atom is -0.352 e. The van der Waals surface area contributed by atoms with Gasteiger partial charge in [0.25, 0.3) is 5.91 Å². The van der Waals surface area contributed by atoms with Crippen LogP contribution in [0.25, 0.3) is 0 Å². The minimum absolute atomic E-state index is 0.0616. The minimum atomic E-state index is -0.562. The van der Waals surface area contributed by atoms with Crippen molar-refractivity contribution in [3.63, 3.8) is 0 Å². The molecule has 0 unspecified atom stereocenters. The monoisotopic (exact) mass is 263 g/mol. The lowest BCUT2D eigenvalue weighted by atomic mass is 10.0. The van der Waals surface area contributed by atoms with E-state index in [0.29, 0.717) is 17.8 Å². The van der Waals surface area contributed by atoms with Gasteiger partial charge in [0.05, 0.1) is 6.04 Å². The Hall–Kier alpha value is -1.88. The summed E-state index contributed by atoms with van der Waals surface area (Å²) in [7, 11) is 0. The predicted molar refractivity (Wildman–Crippen MR) is 75.9 cm³/mol. The first-order valence-corrected chi connectivity index (χ1v) is 6.40. The van der Waals surface area contributed by atoms with Crippen LogP contribution in [0.15, 0.2) is 24.3 Å². The van der Waals surface area contributed by atoms with Crippen LogP contribution in [-0.4, -0.2) is 24.4 Å². The molecule has 2 amide bonds. The summed E-state index contributed by atoms with van der Waals surface area (Å²) in [5.74, 6) is -0.346. The van der Waals surface area contributed by atoms with Crippen molar-refractivity contribution in [3.05, 3.63) is 29.8 Å². The van der Waals surface area contributed by atoms with Crippen LogP contribution < -0.4 is 16.4 Å². The van der Waals surface area contributed by atoms with Gasteiger partial charge >= 0.3 is 0 Å². The Morgan fingerprint density at radius 3 is 2.58 bits per heavy atom. The molecule has 104 valence electrons. The van der Waals surface area contributed by atoms with E-state index in [-0.39, 0.29) is 17.7 Å². The van der Waals surface area contributed by atoms with Gasteiger partial charge in [-0.2, -0.15) is 0 Å². The Balaban J connectivity index is 2.77. The smallest absolute Gasteiger partial charge is 0.251 e. The summed E-state index contributed by atoms with van der Waals surface area (Å²) < 4.78 is 0. The molecule has 1 aromatic rings. The second-order valence-electron chi connectivity index (χ2n) is 4.70. The number of rotatable bonds is 5. The van der Waals surface area contributed by atoms with Crippen LogP contribution >= 0.6 is 0 Å². The second-order valence-corrected chi connectivity index (χ2v) is 4.70. The summed E-state index contributed by atoms with van der Waals surface area (Å²) >= 11 is 0. The van der Waals surface area contributed by atoms with Gasteiger partial charge in [-0.1, -0.05) is 19.9 Å². The van der Waals surface area contributed by atoms with Gasteiger partial charge < -0.3 is 16.4 Å². The second kappa shape index (κ2) is 6.89. The molecule has 0 saturated carbocycles. The molecule has 0 fully saturated rings. The van der Waals surface area contributed by atoms with Crippen molar-refractivity contribution in [1.29, 1.82) is 0 Å².